The zero-order chi connectivity index (χ0) is 8.55. The molecule has 12 heavy (non-hydrogen) atoms. The molecule has 1 nitrogen and oxygen atoms in total. The van der Waals surface area contributed by atoms with Crippen molar-refractivity contribution >= 4 is 15.9 Å². The van der Waals surface area contributed by atoms with Crippen LogP contribution in [0.4, 0.5) is 0 Å². The lowest BCUT2D eigenvalue weighted by molar-refractivity contribution is 0.513. The molecule has 0 radical (unpaired) electrons. The minimum absolute atomic E-state index is 0.624. The molecule has 0 saturated carbocycles. The van der Waals surface area contributed by atoms with E-state index < -0.39 is 0 Å². The molecule has 1 N–H and O–H groups in total. The third-order valence-corrected chi connectivity index (χ3v) is 2.83. The van der Waals surface area contributed by atoms with Gasteiger partial charge >= 0.3 is 0 Å². The minimum Gasteiger partial charge on any atom is -0.310 e. The molecular formula is C10H12BrN. The van der Waals surface area contributed by atoms with E-state index in [1.807, 2.05) is 0 Å². The van der Waals surface area contributed by atoms with Crippen molar-refractivity contribution < 1.29 is 0 Å². The maximum atomic E-state index is 3.48. The predicted molar refractivity (Wildman–Crippen MR) is 54.1 cm³/mol. The maximum Gasteiger partial charge on any atom is 0.0211 e. The Morgan fingerprint density at radius 2 is 2.25 bits per heavy atom. The second-order valence-corrected chi connectivity index (χ2v) is 4.31. The van der Waals surface area contributed by atoms with E-state index in [4.69, 9.17) is 0 Å². The van der Waals surface area contributed by atoms with Crippen LogP contribution in [0.1, 0.15) is 18.1 Å². The Kier molecular flexibility index (Phi) is 2.20. The topological polar surface area (TPSA) is 12.0 Å². The van der Waals surface area contributed by atoms with Gasteiger partial charge in [0.05, 0.1) is 0 Å². The summed E-state index contributed by atoms with van der Waals surface area (Å²) in [5, 5.41) is 3.44. The molecule has 1 aliphatic rings. The Morgan fingerprint density at radius 1 is 1.42 bits per heavy atom. The highest BCUT2D eigenvalue weighted by Gasteiger charge is 2.13. The van der Waals surface area contributed by atoms with Gasteiger partial charge in [0.25, 0.3) is 0 Å². The smallest absolute Gasteiger partial charge is 0.0211 e. The molecule has 0 spiro atoms. The van der Waals surface area contributed by atoms with Crippen LogP contribution in [-0.4, -0.2) is 6.04 Å². The summed E-state index contributed by atoms with van der Waals surface area (Å²) in [5.41, 5.74) is 2.92. The van der Waals surface area contributed by atoms with Gasteiger partial charge in [-0.1, -0.05) is 22.0 Å². The van der Waals surface area contributed by atoms with Crippen molar-refractivity contribution in [3.8, 4) is 0 Å². The largest absolute Gasteiger partial charge is 0.310 e. The van der Waals surface area contributed by atoms with E-state index in [1.54, 1.807) is 0 Å². The van der Waals surface area contributed by atoms with Crippen LogP contribution in [0.5, 0.6) is 0 Å². The van der Waals surface area contributed by atoms with Gasteiger partial charge in [0.2, 0.25) is 0 Å². The van der Waals surface area contributed by atoms with Gasteiger partial charge < -0.3 is 5.32 Å². The van der Waals surface area contributed by atoms with Crippen molar-refractivity contribution in [3.05, 3.63) is 33.8 Å². The molecule has 1 aromatic rings. The average molecular weight is 226 g/mol. The first kappa shape index (κ1) is 8.27. The lowest BCUT2D eigenvalue weighted by Gasteiger charge is -2.23. The van der Waals surface area contributed by atoms with Gasteiger partial charge in [-0.05, 0) is 36.6 Å². The number of hydrogen-bond donors (Lipinski definition) is 1. The zero-order valence-corrected chi connectivity index (χ0v) is 8.69. The molecular weight excluding hydrogens is 214 g/mol. The van der Waals surface area contributed by atoms with Crippen LogP contribution in [0.3, 0.4) is 0 Å². The van der Waals surface area contributed by atoms with Gasteiger partial charge in [-0.15, -0.1) is 0 Å². The zero-order valence-electron chi connectivity index (χ0n) is 7.10. The lowest BCUT2D eigenvalue weighted by atomic mass is 9.97. The minimum atomic E-state index is 0.624. The summed E-state index contributed by atoms with van der Waals surface area (Å²) in [4.78, 5) is 0. The van der Waals surface area contributed by atoms with E-state index in [9.17, 15) is 0 Å². The SMILES string of the molecule is C[C@H]1Cc2ccc(Br)cc2CN1. The second kappa shape index (κ2) is 3.19. The highest BCUT2D eigenvalue weighted by atomic mass is 79.9. The molecule has 0 bridgehead atoms. The Bertz CT molecular complexity index is 296. The van der Waals surface area contributed by atoms with Crippen molar-refractivity contribution in [3.63, 3.8) is 0 Å². The molecule has 64 valence electrons. The molecule has 0 aliphatic carbocycles. The van der Waals surface area contributed by atoms with Crippen LogP contribution in [0, 0.1) is 0 Å². The van der Waals surface area contributed by atoms with Gasteiger partial charge in [-0.2, -0.15) is 0 Å². The van der Waals surface area contributed by atoms with Crippen molar-refractivity contribution in [1.82, 2.24) is 5.32 Å². The third kappa shape index (κ3) is 1.54. The molecule has 1 heterocycles. The molecule has 1 atom stereocenters. The van der Waals surface area contributed by atoms with Crippen molar-refractivity contribution in [2.45, 2.75) is 25.9 Å². The summed E-state index contributed by atoms with van der Waals surface area (Å²) in [7, 11) is 0. The Morgan fingerprint density at radius 3 is 3.08 bits per heavy atom. The monoisotopic (exact) mass is 225 g/mol. The van der Waals surface area contributed by atoms with Crippen LogP contribution < -0.4 is 5.32 Å². The first-order valence-electron chi connectivity index (χ1n) is 4.26. The number of fused-ring (bicyclic) bond motifs is 1. The molecule has 2 rings (SSSR count). The lowest BCUT2D eigenvalue weighted by Crippen LogP contribution is -2.32. The normalized spacial score (nSPS) is 22.0. The van der Waals surface area contributed by atoms with E-state index in [2.05, 4.69) is 46.4 Å². The van der Waals surface area contributed by atoms with Crippen LogP contribution in [-0.2, 0) is 13.0 Å². The molecule has 0 saturated heterocycles. The van der Waals surface area contributed by atoms with Gasteiger partial charge in [-0.3, -0.25) is 0 Å². The molecule has 0 unspecified atom stereocenters. The summed E-state index contributed by atoms with van der Waals surface area (Å²) in [6.45, 7) is 3.24. The number of nitrogens with one attached hydrogen (secondary N) is 1. The van der Waals surface area contributed by atoms with Gasteiger partial charge in [-0.25, -0.2) is 0 Å². The van der Waals surface area contributed by atoms with E-state index >= 15 is 0 Å². The van der Waals surface area contributed by atoms with Crippen LogP contribution in [0.2, 0.25) is 0 Å². The second-order valence-electron chi connectivity index (χ2n) is 3.40. The fraction of sp³-hybridized carbons (Fsp3) is 0.400. The van der Waals surface area contributed by atoms with E-state index in [0.717, 1.165) is 13.0 Å². The van der Waals surface area contributed by atoms with Crippen molar-refractivity contribution in [1.29, 1.82) is 0 Å². The number of halogens is 1. The van der Waals surface area contributed by atoms with Crippen LogP contribution in [0.15, 0.2) is 22.7 Å². The highest BCUT2D eigenvalue weighted by Crippen LogP contribution is 2.20. The summed E-state index contributed by atoms with van der Waals surface area (Å²) in [6.07, 6.45) is 1.16. The summed E-state index contributed by atoms with van der Waals surface area (Å²) in [6, 6.07) is 7.17. The Hall–Kier alpha value is -0.340. The average Bonchev–Trinajstić information content (AvgIpc) is 2.05. The van der Waals surface area contributed by atoms with Gasteiger partial charge in [0.15, 0.2) is 0 Å². The molecule has 0 aromatic heterocycles. The quantitative estimate of drug-likeness (QED) is 0.716. The van der Waals surface area contributed by atoms with Crippen LogP contribution >= 0.6 is 15.9 Å². The van der Waals surface area contributed by atoms with Gasteiger partial charge in [0.1, 0.15) is 0 Å². The molecule has 0 fully saturated rings. The Labute approximate surface area is 81.3 Å². The summed E-state index contributed by atoms with van der Waals surface area (Å²) < 4.78 is 1.18. The number of hydrogen-bond acceptors (Lipinski definition) is 1. The highest BCUT2D eigenvalue weighted by molar-refractivity contribution is 9.10. The standard InChI is InChI=1S/C10H12BrN/c1-7-4-8-2-3-10(11)5-9(8)6-12-7/h2-3,5,7,12H,4,6H2,1H3/t7-/m0/s1. The molecule has 1 aliphatic heterocycles. The predicted octanol–water partition coefficient (Wildman–Crippen LogP) is 2.48. The van der Waals surface area contributed by atoms with Gasteiger partial charge in [0, 0.05) is 17.1 Å². The summed E-state index contributed by atoms with van der Waals surface area (Å²) >= 11 is 3.48. The first-order valence-corrected chi connectivity index (χ1v) is 5.05. The summed E-state index contributed by atoms with van der Waals surface area (Å²) in [5.74, 6) is 0. The van der Waals surface area contributed by atoms with Crippen LogP contribution in [0.25, 0.3) is 0 Å². The maximum absolute atomic E-state index is 3.48. The van der Waals surface area contributed by atoms with Crippen molar-refractivity contribution in [2.75, 3.05) is 0 Å². The first-order chi connectivity index (χ1) is 5.75. The van der Waals surface area contributed by atoms with E-state index in [1.165, 1.54) is 15.6 Å². The van der Waals surface area contributed by atoms with Crippen molar-refractivity contribution in [2.24, 2.45) is 0 Å². The molecule has 0 amide bonds. The van der Waals surface area contributed by atoms with E-state index in [0.29, 0.717) is 6.04 Å². The molecule has 2 heteroatoms. The molecule has 1 aromatic carbocycles. The fourth-order valence-corrected chi connectivity index (χ4v) is 2.05. The Balaban J connectivity index is 2.37. The van der Waals surface area contributed by atoms with E-state index in [-0.39, 0.29) is 0 Å². The number of benzene rings is 1. The number of rotatable bonds is 0. The fourth-order valence-electron chi connectivity index (χ4n) is 1.64. The third-order valence-electron chi connectivity index (χ3n) is 2.34.